The molecule has 1 unspecified atom stereocenters. The minimum Gasteiger partial charge on any atom is -0.508 e. The molecule has 3 aliphatic heterocycles. The van der Waals surface area contributed by atoms with Gasteiger partial charge >= 0.3 is 0 Å². The van der Waals surface area contributed by atoms with Crippen molar-refractivity contribution < 1.29 is 14.6 Å². The maximum Gasteiger partial charge on any atom is 0.127 e. The van der Waals surface area contributed by atoms with Gasteiger partial charge in [-0.2, -0.15) is 0 Å². The molecule has 0 radical (unpaired) electrons. The van der Waals surface area contributed by atoms with Crippen molar-refractivity contribution in [3.63, 3.8) is 0 Å². The van der Waals surface area contributed by atoms with Crippen molar-refractivity contribution in [2.24, 2.45) is 0 Å². The predicted molar refractivity (Wildman–Crippen MR) is 157 cm³/mol. The van der Waals surface area contributed by atoms with Crippen LogP contribution in [0.4, 0.5) is 0 Å². The van der Waals surface area contributed by atoms with E-state index in [9.17, 15) is 5.11 Å². The molecule has 2 saturated heterocycles. The van der Waals surface area contributed by atoms with Crippen LogP contribution in [-0.4, -0.2) is 63.9 Å². The third-order valence-electron chi connectivity index (χ3n) is 10.7. The molecule has 5 heteroatoms. The van der Waals surface area contributed by atoms with Crippen LogP contribution in [0.15, 0.2) is 42.5 Å². The molecule has 0 amide bonds. The minimum atomic E-state index is -0.192. The van der Waals surface area contributed by atoms with Gasteiger partial charge in [0.05, 0.1) is 6.10 Å². The maximum absolute atomic E-state index is 10.3. The number of phenolic OH excluding ortho intramolecular Hbond substituents is 1. The van der Waals surface area contributed by atoms with Crippen molar-refractivity contribution in [1.29, 1.82) is 0 Å². The average Bonchev–Trinajstić information content (AvgIpc) is 3.40. The van der Waals surface area contributed by atoms with E-state index in [1.54, 1.807) is 6.07 Å². The van der Waals surface area contributed by atoms with Crippen molar-refractivity contribution in [1.82, 2.24) is 9.80 Å². The number of rotatable bonds is 4. The number of ether oxygens (including phenoxy) is 2. The number of benzene rings is 2. The number of phenols is 1. The lowest BCUT2D eigenvalue weighted by Crippen LogP contribution is -2.64. The zero-order valence-corrected chi connectivity index (χ0v) is 24.7. The molecule has 0 aromatic heterocycles. The number of piperidine rings is 2. The fraction of sp³-hybridized carbons (Fsp3) is 0.647. The van der Waals surface area contributed by atoms with Crippen LogP contribution in [0, 0.1) is 0 Å². The summed E-state index contributed by atoms with van der Waals surface area (Å²) in [5.41, 5.74) is 2.58. The fourth-order valence-corrected chi connectivity index (χ4v) is 8.14. The van der Waals surface area contributed by atoms with Gasteiger partial charge in [-0.25, -0.2) is 0 Å². The Morgan fingerprint density at radius 3 is 2.26 bits per heavy atom. The smallest absolute Gasteiger partial charge is 0.127 e. The average molecular weight is 533 g/mol. The minimum absolute atomic E-state index is 0.192. The second kappa shape index (κ2) is 9.99. The lowest BCUT2D eigenvalue weighted by Gasteiger charge is -2.57. The van der Waals surface area contributed by atoms with Gasteiger partial charge in [-0.1, -0.05) is 18.2 Å². The quantitative estimate of drug-likeness (QED) is 0.454. The molecule has 6 rings (SSSR count). The lowest BCUT2D eigenvalue weighted by molar-refractivity contribution is -0.0755. The van der Waals surface area contributed by atoms with E-state index in [0.717, 1.165) is 56.7 Å². The highest BCUT2D eigenvalue weighted by atomic mass is 16.5. The van der Waals surface area contributed by atoms with Gasteiger partial charge in [-0.15, -0.1) is 0 Å². The van der Waals surface area contributed by atoms with Crippen molar-refractivity contribution in [3.8, 4) is 17.2 Å². The molecule has 2 aromatic rings. The Hall–Kier alpha value is -2.24. The molecule has 212 valence electrons. The van der Waals surface area contributed by atoms with Crippen LogP contribution in [0.3, 0.4) is 0 Å². The number of hydrogen-bond acceptors (Lipinski definition) is 5. The maximum atomic E-state index is 10.3. The zero-order chi connectivity index (χ0) is 27.4. The molecule has 1 N–H and O–H groups in total. The molecule has 3 heterocycles. The second-order valence-electron chi connectivity index (χ2n) is 14.1. The fourth-order valence-electron chi connectivity index (χ4n) is 8.14. The summed E-state index contributed by atoms with van der Waals surface area (Å²) < 4.78 is 13.4. The molecule has 1 saturated carbocycles. The molecule has 39 heavy (non-hydrogen) atoms. The number of aromatic hydroxyl groups is 1. The highest BCUT2D eigenvalue weighted by molar-refractivity contribution is 5.49. The first-order valence-electron chi connectivity index (χ1n) is 15.3. The van der Waals surface area contributed by atoms with E-state index in [-0.39, 0.29) is 22.6 Å². The van der Waals surface area contributed by atoms with Crippen molar-refractivity contribution >= 4 is 0 Å². The summed E-state index contributed by atoms with van der Waals surface area (Å²) in [5, 5.41) is 10.3. The van der Waals surface area contributed by atoms with Gasteiger partial charge in [0.25, 0.3) is 0 Å². The standard InChI is InChI=1S/C34H48N2O3/c1-32(2)21-25(22-33(3,4)35(32)5)36-17-15-34(16-18-36)23-30(24-9-8-10-26(37)19-24)29-14-13-28(20-31(29)39-34)38-27-11-6-7-12-27/h8-10,13-14,19-20,25,27,30,37H,6-7,11-12,15-18,21-23H2,1-5H3. The van der Waals surface area contributed by atoms with E-state index < -0.39 is 0 Å². The first-order chi connectivity index (χ1) is 18.5. The van der Waals surface area contributed by atoms with E-state index in [2.05, 4.69) is 68.8 Å². The van der Waals surface area contributed by atoms with E-state index in [0.29, 0.717) is 17.9 Å². The van der Waals surface area contributed by atoms with Crippen molar-refractivity contribution in [2.75, 3.05) is 20.1 Å². The summed E-state index contributed by atoms with van der Waals surface area (Å²) in [6.07, 6.45) is 10.6. The van der Waals surface area contributed by atoms with Crippen LogP contribution in [0.5, 0.6) is 17.2 Å². The largest absolute Gasteiger partial charge is 0.508 e. The van der Waals surface area contributed by atoms with Gasteiger partial charge < -0.3 is 14.6 Å². The molecule has 1 spiro atoms. The lowest BCUT2D eigenvalue weighted by atomic mass is 9.73. The number of likely N-dealkylation sites (tertiary alicyclic amines) is 2. The Labute approximate surface area is 235 Å². The summed E-state index contributed by atoms with van der Waals surface area (Å²) in [5.74, 6) is 2.44. The third-order valence-corrected chi connectivity index (χ3v) is 10.7. The molecule has 3 fully saturated rings. The summed E-state index contributed by atoms with van der Waals surface area (Å²) in [6, 6.07) is 14.9. The van der Waals surface area contributed by atoms with Gasteiger partial charge in [0, 0.05) is 47.8 Å². The van der Waals surface area contributed by atoms with Gasteiger partial charge in [0.2, 0.25) is 0 Å². The van der Waals surface area contributed by atoms with E-state index >= 15 is 0 Å². The number of fused-ring (bicyclic) bond motifs is 1. The first-order valence-corrected chi connectivity index (χ1v) is 15.3. The Morgan fingerprint density at radius 1 is 0.897 bits per heavy atom. The number of nitrogens with zero attached hydrogens (tertiary/aromatic N) is 2. The van der Waals surface area contributed by atoms with Crippen LogP contribution < -0.4 is 9.47 Å². The van der Waals surface area contributed by atoms with Gasteiger partial charge in [0.15, 0.2) is 0 Å². The van der Waals surface area contributed by atoms with Crippen LogP contribution in [-0.2, 0) is 0 Å². The first kappa shape index (κ1) is 27.0. The highest BCUT2D eigenvalue weighted by Crippen LogP contribution is 2.50. The predicted octanol–water partition coefficient (Wildman–Crippen LogP) is 7.11. The highest BCUT2D eigenvalue weighted by Gasteiger charge is 2.48. The Morgan fingerprint density at radius 2 is 1.59 bits per heavy atom. The summed E-state index contributed by atoms with van der Waals surface area (Å²) >= 11 is 0. The van der Waals surface area contributed by atoms with E-state index in [1.165, 1.54) is 36.8 Å². The normalized spacial score (nSPS) is 27.3. The van der Waals surface area contributed by atoms with E-state index in [4.69, 9.17) is 9.47 Å². The molecule has 4 aliphatic rings. The monoisotopic (exact) mass is 532 g/mol. The van der Waals surface area contributed by atoms with E-state index in [1.807, 2.05) is 12.1 Å². The molecule has 1 atom stereocenters. The van der Waals surface area contributed by atoms with Crippen LogP contribution in [0.25, 0.3) is 0 Å². The number of hydrogen-bond donors (Lipinski definition) is 1. The molecule has 0 bridgehead atoms. The summed E-state index contributed by atoms with van der Waals surface area (Å²) in [6.45, 7) is 11.7. The molecule has 5 nitrogen and oxygen atoms in total. The summed E-state index contributed by atoms with van der Waals surface area (Å²) in [7, 11) is 2.29. The van der Waals surface area contributed by atoms with Gasteiger partial charge in [0.1, 0.15) is 22.8 Å². The topological polar surface area (TPSA) is 45.2 Å². The van der Waals surface area contributed by atoms with Crippen molar-refractivity contribution in [2.45, 2.75) is 120 Å². The SMILES string of the molecule is CN1C(C)(C)CC(N2CCC3(CC2)CC(c2cccc(O)c2)c2ccc(OC4CCCC4)cc2O3)CC1(C)C. The Balaban J connectivity index is 1.25. The van der Waals surface area contributed by atoms with Crippen molar-refractivity contribution in [3.05, 3.63) is 53.6 Å². The zero-order valence-electron chi connectivity index (χ0n) is 24.7. The molecule has 2 aromatic carbocycles. The molecular formula is C34H48N2O3. The summed E-state index contributed by atoms with van der Waals surface area (Å²) in [4.78, 5) is 5.33. The van der Waals surface area contributed by atoms with Gasteiger partial charge in [-0.3, -0.25) is 9.80 Å². The Bertz CT molecular complexity index is 1160. The Kier molecular flexibility index (Phi) is 6.91. The van der Waals surface area contributed by atoms with Gasteiger partial charge in [-0.05, 0) is 116 Å². The molecule has 1 aliphatic carbocycles. The van der Waals surface area contributed by atoms with Crippen LogP contribution >= 0.6 is 0 Å². The van der Waals surface area contributed by atoms with Crippen LogP contribution in [0.1, 0.15) is 103 Å². The second-order valence-corrected chi connectivity index (χ2v) is 14.1. The third kappa shape index (κ3) is 5.29. The van der Waals surface area contributed by atoms with Crippen LogP contribution in [0.2, 0.25) is 0 Å². The molecular weight excluding hydrogens is 484 g/mol.